The maximum atomic E-state index is 12.4. The van der Waals surface area contributed by atoms with E-state index in [2.05, 4.69) is 0 Å². The molecule has 2 N–H and O–H groups in total. The van der Waals surface area contributed by atoms with Gasteiger partial charge in [0.1, 0.15) is 0 Å². The Morgan fingerprint density at radius 1 is 1.32 bits per heavy atom. The van der Waals surface area contributed by atoms with E-state index in [1.54, 1.807) is 25.7 Å². The van der Waals surface area contributed by atoms with Crippen molar-refractivity contribution in [3.8, 4) is 0 Å². The van der Waals surface area contributed by atoms with Crippen LogP contribution < -0.4 is 0 Å². The van der Waals surface area contributed by atoms with Crippen LogP contribution in [0.5, 0.6) is 0 Å². The van der Waals surface area contributed by atoms with Gasteiger partial charge in [0.05, 0.1) is 17.1 Å². The molecule has 4 heteroatoms. The lowest BCUT2D eigenvalue weighted by Gasteiger charge is -2.35. The monoisotopic (exact) mass is 271 g/mol. The fourth-order valence-corrected chi connectivity index (χ4v) is 3.28. The molecule has 1 amide bonds. The van der Waals surface area contributed by atoms with Crippen LogP contribution in [0.1, 0.15) is 53.9 Å². The summed E-state index contributed by atoms with van der Waals surface area (Å²) in [6, 6.07) is 0. The molecule has 4 nitrogen and oxygen atoms in total. The predicted molar refractivity (Wildman–Crippen MR) is 75.7 cm³/mol. The Hall–Kier alpha value is -0.610. The largest absolute Gasteiger partial charge is 0.390 e. The Morgan fingerprint density at radius 3 is 2.26 bits per heavy atom. The quantitative estimate of drug-likeness (QED) is 0.801. The van der Waals surface area contributed by atoms with Crippen molar-refractivity contribution in [2.24, 2.45) is 11.8 Å². The lowest BCUT2D eigenvalue weighted by molar-refractivity contribution is -0.145. The predicted octanol–water partition coefficient (Wildman–Crippen LogP) is 1.79. The lowest BCUT2D eigenvalue weighted by atomic mass is 9.80. The molecule has 0 aromatic heterocycles. The van der Waals surface area contributed by atoms with Crippen LogP contribution in [0.2, 0.25) is 0 Å². The van der Waals surface area contributed by atoms with Gasteiger partial charge >= 0.3 is 0 Å². The number of carbonyl (C=O) groups is 1. The van der Waals surface area contributed by atoms with Gasteiger partial charge in [0.25, 0.3) is 0 Å². The molecule has 19 heavy (non-hydrogen) atoms. The first-order valence-corrected chi connectivity index (χ1v) is 7.37. The van der Waals surface area contributed by atoms with Crippen molar-refractivity contribution < 1.29 is 15.0 Å². The molecule has 1 fully saturated rings. The number of carbonyl (C=O) groups excluding carboxylic acids is 1. The third-order valence-electron chi connectivity index (χ3n) is 4.45. The lowest BCUT2D eigenvalue weighted by Crippen LogP contribution is -2.47. The summed E-state index contributed by atoms with van der Waals surface area (Å²) < 4.78 is 0. The summed E-state index contributed by atoms with van der Waals surface area (Å²) in [6.07, 6.45) is 2.04. The van der Waals surface area contributed by atoms with Gasteiger partial charge in [-0.15, -0.1) is 0 Å². The van der Waals surface area contributed by atoms with Crippen LogP contribution in [-0.2, 0) is 4.79 Å². The van der Waals surface area contributed by atoms with E-state index in [-0.39, 0.29) is 17.7 Å². The van der Waals surface area contributed by atoms with Gasteiger partial charge in [-0.25, -0.2) is 0 Å². The number of rotatable bonds is 5. The molecule has 0 heterocycles. The summed E-state index contributed by atoms with van der Waals surface area (Å²) in [5, 5.41) is 20.7. The Morgan fingerprint density at radius 2 is 1.84 bits per heavy atom. The van der Waals surface area contributed by atoms with Crippen molar-refractivity contribution in [2.75, 3.05) is 13.1 Å². The van der Waals surface area contributed by atoms with Gasteiger partial charge in [-0.3, -0.25) is 4.79 Å². The van der Waals surface area contributed by atoms with Crippen LogP contribution in [0, 0.1) is 11.8 Å². The Labute approximate surface area is 116 Å². The van der Waals surface area contributed by atoms with Gasteiger partial charge in [-0.1, -0.05) is 0 Å². The highest BCUT2D eigenvalue weighted by Crippen LogP contribution is 2.44. The average Bonchev–Trinajstić information content (AvgIpc) is 2.54. The molecular formula is C15H29NO3. The molecule has 1 rings (SSSR count). The van der Waals surface area contributed by atoms with E-state index >= 15 is 0 Å². The Balaban J connectivity index is 2.81. The van der Waals surface area contributed by atoms with Crippen molar-refractivity contribution in [2.45, 2.75) is 65.1 Å². The van der Waals surface area contributed by atoms with E-state index in [4.69, 9.17) is 0 Å². The van der Waals surface area contributed by atoms with E-state index in [1.807, 2.05) is 13.8 Å². The van der Waals surface area contributed by atoms with E-state index in [1.165, 1.54) is 0 Å². The van der Waals surface area contributed by atoms with E-state index < -0.39 is 11.2 Å². The Kier molecular flexibility index (Phi) is 5.02. The zero-order chi connectivity index (χ0) is 14.8. The molecule has 0 saturated heterocycles. The summed E-state index contributed by atoms with van der Waals surface area (Å²) in [6.45, 7) is 10.5. The molecule has 0 radical (unpaired) electrons. The summed E-state index contributed by atoms with van der Waals surface area (Å²) in [5.41, 5.74) is -1.82. The van der Waals surface area contributed by atoms with Crippen LogP contribution in [0.15, 0.2) is 0 Å². The number of hydrogen-bond donors (Lipinski definition) is 2. The smallest absolute Gasteiger partial charge is 0.228 e. The minimum atomic E-state index is -1.01. The minimum Gasteiger partial charge on any atom is -0.390 e. The maximum absolute atomic E-state index is 12.4. The number of aliphatic hydroxyl groups is 2. The maximum Gasteiger partial charge on any atom is 0.228 e. The van der Waals surface area contributed by atoms with Crippen molar-refractivity contribution in [3.63, 3.8) is 0 Å². The fraction of sp³-hybridized carbons (Fsp3) is 0.933. The van der Waals surface area contributed by atoms with E-state index in [0.29, 0.717) is 25.9 Å². The van der Waals surface area contributed by atoms with E-state index in [9.17, 15) is 15.0 Å². The van der Waals surface area contributed by atoms with Gasteiger partial charge < -0.3 is 15.1 Å². The number of amides is 1. The number of nitrogens with zero attached hydrogens (tertiary/aromatic N) is 1. The van der Waals surface area contributed by atoms with Crippen molar-refractivity contribution in [1.29, 1.82) is 0 Å². The van der Waals surface area contributed by atoms with Crippen LogP contribution in [0.25, 0.3) is 0 Å². The van der Waals surface area contributed by atoms with Gasteiger partial charge in [0, 0.05) is 13.1 Å². The van der Waals surface area contributed by atoms with Gasteiger partial charge in [0.15, 0.2) is 0 Å². The number of hydrogen-bond acceptors (Lipinski definition) is 3. The fourth-order valence-electron chi connectivity index (χ4n) is 3.28. The Bertz CT molecular complexity index is 316. The summed E-state index contributed by atoms with van der Waals surface area (Å²) in [5.74, 6) is -0.301. The zero-order valence-electron chi connectivity index (χ0n) is 12.9. The SMILES string of the molecule is CCN(CC)C(=O)[C@H]1CC[C@H](CC(C)(C)O)[C@@]1(C)O. The van der Waals surface area contributed by atoms with Gasteiger partial charge in [0.2, 0.25) is 5.91 Å². The molecule has 1 aliphatic rings. The van der Waals surface area contributed by atoms with Gasteiger partial charge in [-0.2, -0.15) is 0 Å². The first-order valence-electron chi connectivity index (χ1n) is 7.37. The van der Waals surface area contributed by atoms with Crippen LogP contribution in [0.4, 0.5) is 0 Å². The van der Waals surface area contributed by atoms with Crippen molar-refractivity contribution >= 4 is 5.91 Å². The highest BCUT2D eigenvalue weighted by molar-refractivity contribution is 5.80. The highest BCUT2D eigenvalue weighted by atomic mass is 16.3. The molecule has 0 aliphatic heterocycles. The molecule has 112 valence electrons. The van der Waals surface area contributed by atoms with E-state index in [0.717, 1.165) is 6.42 Å². The average molecular weight is 271 g/mol. The molecule has 3 atom stereocenters. The van der Waals surface area contributed by atoms with Gasteiger partial charge in [-0.05, 0) is 59.8 Å². The molecular weight excluding hydrogens is 242 g/mol. The first-order chi connectivity index (χ1) is 8.63. The second-order valence-electron chi connectivity index (χ2n) is 6.58. The summed E-state index contributed by atoms with van der Waals surface area (Å²) >= 11 is 0. The van der Waals surface area contributed by atoms with Crippen LogP contribution in [0.3, 0.4) is 0 Å². The molecule has 0 spiro atoms. The van der Waals surface area contributed by atoms with Crippen LogP contribution in [-0.4, -0.2) is 45.3 Å². The second-order valence-corrected chi connectivity index (χ2v) is 6.58. The van der Waals surface area contributed by atoms with Crippen molar-refractivity contribution in [1.82, 2.24) is 4.90 Å². The molecule has 0 aromatic carbocycles. The first kappa shape index (κ1) is 16.4. The zero-order valence-corrected chi connectivity index (χ0v) is 12.9. The molecule has 0 unspecified atom stereocenters. The topological polar surface area (TPSA) is 60.8 Å². The molecule has 1 saturated carbocycles. The molecule has 1 aliphatic carbocycles. The van der Waals surface area contributed by atoms with Crippen molar-refractivity contribution in [3.05, 3.63) is 0 Å². The molecule has 0 bridgehead atoms. The third kappa shape index (κ3) is 3.69. The second kappa shape index (κ2) is 5.80. The molecule has 0 aromatic rings. The minimum absolute atomic E-state index is 0.0167. The third-order valence-corrected chi connectivity index (χ3v) is 4.45. The van der Waals surface area contributed by atoms with Crippen LogP contribution >= 0.6 is 0 Å². The standard InChI is InChI=1S/C15H29NO3/c1-6-16(7-2)13(17)12-9-8-11(15(12,5)19)10-14(3,4)18/h11-12,18-19H,6-10H2,1-5H3/t11-,12-,15-/m1/s1. The summed E-state index contributed by atoms with van der Waals surface area (Å²) in [7, 11) is 0. The normalized spacial score (nSPS) is 31.5. The summed E-state index contributed by atoms with van der Waals surface area (Å²) in [4.78, 5) is 14.2. The highest BCUT2D eigenvalue weighted by Gasteiger charge is 2.50.